The lowest BCUT2D eigenvalue weighted by Gasteiger charge is -2.53. The van der Waals surface area contributed by atoms with Crippen molar-refractivity contribution >= 4 is 0 Å². The first-order valence-corrected chi connectivity index (χ1v) is 6.17. The Morgan fingerprint density at radius 2 is 1.12 bits per heavy atom. The molecule has 1 fully saturated rings. The minimum absolute atomic E-state index is 0. The quantitative estimate of drug-likeness (QED) is 0.571. The highest BCUT2D eigenvalue weighted by molar-refractivity contribution is 4.89. The molecule has 0 radical (unpaired) electrons. The Kier molecular flexibility index (Phi) is 5.75. The van der Waals surface area contributed by atoms with Crippen molar-refractivity contribution in [3.63, 3.8) is 0 Å². The molecule has 0 aliphatic carbocycles. The standard InChI is InChI=1S/C13H28N2.HI/c1-11-14(12(2,3)4)9-8-10-15(11)13(5,6)7;/h11H,8-10H2,1-7H3;1H/p-1. The maximum atomic E-state index is 2.61. The van der Waals surface area contributed by atoms with Crippen LogP contribution in [0.15, 0.2) is 0 Å². The van der Waals surface area contributed by atoms with Gasteiger partial charge in [0, 0.05) is 24.2 Å². The molecule has 0 aromatic heterocycles. The number of nitrogens with zero attached hydrogens (tertiary/aromatic N) is 2. The van der Waals surface area contributed by atoms with Crippen molar-refractivity contribution in [2.24, 2.45) is 0 Å². The van der Waals surface area contributed by atoms with Crippen molar-refractivity contribution in [1.29, 1.82) is 0 Å². The summed E-state index contributed by atoms with van der Waals surface area (Å²) < 4.78 is 0. The van der Waals surface area contributed by atoms with E-state index < -0.39 is 0 Å². The minimum Gasteiger partial charge on any atom is -1.00 e. The Bertz CT molecular complexity index is 193. The second-order valence-electron chi connectivity index (χ2n) is 6.71. The van der Waals surface area contributed by atoms with E-state index in [-0.39, 0.29) is 35.1 Å². The van der Waals surface area contributed by atoms with Gasteiger partial charge in [-0.25, -0.2) is 0 Å². The molecule has 2 nitrogen and oxygen atoms in total. The Hall–Kier alpha value is 0.650. The second kappa shape index (κ2) is 5.53. The molecule has 0 aromatic carbocycles. The smallest absolute Gasteiger partial charge is 0.0602 e. The molecule has 0 N–H and O–H groups in total. The van der Waals surface area contributed by atoms with Gasteiger partial charge in [-0.2, -0.15) is 0 Å². The molecular weight excluding hydrogens is 311 g/mol. The lowest BCUT2D eigenvalue weighted by Crippen LogP contribution is -3.00. The van der Waals surface area contributed by atoms with Crippen molar-refractivity contribution in [2.75, 3.05) is 13.1 Å². The zero-order valence-electron chi connectivity index (χ0n) is 12.0. The van der Waals surface area contributed by atoms with Crippen LogP contribution in [0, 0.1) is 0 Å². The maximum absolute atomic E-state index is 2.61. The highest BCUT2D eigenvalue weighted by atomic mass is 127. The summed E-state index contributed by atoms with van der Waals surface area (Å²) in [5, 5.41) is 0. The summed E-state index contributed by atoms with van der Waals surface area (Å²) in [4.78, 5) is 5.23. The van der Waals surface area contributed by atoms with Gasteiger partial charge in [-0.05, 0) is 54.9 Å². The van der Waals surface area contributed by atoms with Crippen molar-refractivity contribution < 1.29 is 24.0 Å². The van der Waals surface area contributed by atoms with E-state index in [0.717, 1.165) is 0 Å². The van der Waals surface area contributed by atoms with Crippen LogP contribution in [0.25, 0.3) is 0 Å². The third-order valence-electron chi connectivity index (χ3n) is 3.42. The monoisotopic (exact) mass is 339 g/mol. The summed E-state index contributed by atoms with van der Waals surface area (Å²) in [7, 11) is 0. The van der Waals surface area contributed by atoms with Crippen LogP contribution >= 0.6 is 0 Å². The van der Waals surface area contributed by atoms with Gasteiger partial charge >= 0.3 is 0 Å². The fourth-order valence-electron chi connectivity index (χ4n) is 2.75. The van der Waals surface area contributed by atoms with Gasteiger partial charge in [-0.3, -0.25) is 9.80 Å². The van der Waals surface area contributed by atoms with Crippen molar-refractivity contribution in [3.8, 4) is 0 Å². The molecule has 1 heterocycles. The van der Waals surface area contributed by atoms with Crippen LogP contribution < -0.4 is 24.0 Å². The van der Waals surface area contributed by atoms with Gasteiger partial charge in [0.15, 0.2) is 0 Å². The summed E-state index contributed by atoms with van der Waals surface area (Å²) in [5.41, 5.74) is 0.562. The first-order chi connectivity index (χ1) is 6.64. The summed E-state index contributed by atoms with van der Waals surface area (Å²) in [6.45, 7) is 18.7. The minimum atomic E-state index is 0. The fourth-order valence-corrected chi connectivity index (χ4v) is 2.75. The SMILES string of the molecule is CC1N(C(C)(C)C)CCCN1C(C)(C)C.[I-]. The molecule has 0 aromatic rings. The van der Waals surface area contributed by atoms with E-state index in [9.17, 15) is 0 Å². The third kappa shape index (κ3) is 3.84. The van der Waals surface area contributed by atoms with Crippen LogP contribution in [-0.2, 0) is 0 Å². The molecule has 0 atom stereocenters. The Morgan fingerprint density at radius 1 is 0.812 bits per heavy atom. The van der Waals surface area contributed by atoms with Gasteiger partial charge in [0.05, 0.1) is 6.17 Å². The molecule has 0 unspecified atom stereocenters. The predicted octanol–water partition coefficient (Wildman–Crippen LogP) is -0.0589. The van der Waals surface area contributed by atoms with Crippen molar-refractivity contribution in [3.05, 3.63) is 0 Å². The van der Waals surface area contributed by atoms with E-state index in [0.29, 0.717) is 6.17 Å². The van der Waals surface area contributed by atoms with E-state index in [1.54, 1.807) is 0 Å². The molecule has 0 amide bonds. The molecule has 0 saturated carbocycles. The zero-order chi connectivity index (χ0) is 11.9. The molecule has 3 heteroatoms. The lowest BCUT2D eigenvalue weighted by atomic mass is 9.98. The van der Waals surface area contributed by atoms with E-state index in [4.69, 9.17) is 0 Å². The Morgan fingerprint density at radius 3 is 1.38 bits per heavy atom. The lowest BCUT2D eigenvalue weighted by molar-refractivity contribution is -0.0775. The third-order valence-corrected chi connectivity index (χ3v) is 3.42. The van der Waals surface area contributed by atoms with Gasteiger partial charge < -0.3 is 24.0 Å². The highest BCUT2D eigenvalue weighted by Crippen LogP contribution is 2.28. The molecule has 16 heavy (non-hydrogen) atoms. The van der Waals surface area contributed by atoms with Crippen molar-refractivity contribution in [2.45, 2.75) is 72.1 Å². The predicted molar refractivity (Wildman–Crippen MR) is 67.0 cm³/mol. The molecule has 1 aliphatic heterocycles. The topological polar surface area (TPSA) is 6.48 Å². The first kappa shape index (κ1) is 16.6. The zero-order valence-corrected chi connectivity index (χ0v) is 14.1. The fraction of sp³-hybridized carbons (Fsp3) is 1.00. The average Bonchev–Trinajstić information content (AvgIpc) is 1.99. The van der Waals surface area contributed by atoms with E-state index in [2.05, 4.69) is 58.3 Å². The molecule has 1 aliphatic rings. The van der Waals surface area contributed by atoms with Gasteiger partial charge in [0.2, 0.25) is 0 Å². The van der Waals surface area contributed by atoms with E-state index in [1.807, 2.05) is 0 Å². The Balaban J connectivity index is 0.00000225. The summed E-state index contributed by atoms with van der Waals surface area (Å²) in [6, 6.07) is 0. The molecule has 1 saturated heterocycles. The largest absolute Gasteiger partial charge is 1.00 e. The van der Waals surface area contributed by atoms with Gasteiger partial charge in [0.25, 0.3) is 0 Å². The normalized spacial score (nSPS) is 21.9. The summed E-state index contributed by atoms with van der Waals surface area (Å²) in [6.07, 6.45) is 1.84. The highest BCUT2D eigenvalue weighted by Gasteiger charge is 2.37. The number of hydrogen-bond acceptors (Lipinski definition) is 2. The van der Waals surface area contributed by atoms with E-state index >= 15 is 0 Å². The second-order valence-corrected chi connectivity index (χ2v) is 6.71. The van der Waals surface area contributed by atoms with Crippen LogP contribution in [-0.4, -0.2) is 40.1 Å². The van der Waals surface area contributed by atoms with Crippen LogP contribution in [0.1, 0.15) is 54.9 Å². The number of halogens is 1. The number of rotatable bonds is 0. The van der Waals surface area contributed by atoms with Gasteiger partial charge in [0.1, 0.15) is 0 Å². The van der Waals surface area contributed by atoms with Crippen LogP contribution in [0.3, 0.4) is 0 Å². The summed E-state index contributed by atoms with van der Waals surface area (Å²) >= 11 is 0. The van der Waals surface area contributed by atoms with E-state index in [1.165, 1.54) is 19.5 Å². The molecular formula is C13H28IN2-. The van der Waals surface area contributed by atoms with Crippen LogP contribution in [0.4, 0.5) is 0 Å². The molecule has 0 spiro atoms. The molecule has 0 bridgehead atoms. The molecule has 98 valence electrons. The Labute approximate surface area is 119 Å². The van der Waals surface area contributed by atoms with Gasteiger partial charge in [-0.1, -0.05) is 0 Å². The first-order valence-electron chi connectivity index (χ1n) is 6.17. The van der Waals surface area contributed by atoms with Crippen LogP contribution in [0.2, 0.25) is 0 Å². The molecule has 1 rings (SSSR count). The average molecular weight is 339 g/mol. The van der Waals surface area contributed by atoms with Crippen molar-refractivity contribution in [1.82, 2.24) is 9.80 Å². The van der Waals surface area contributed by atoms with Gasteiger partial charge in [-0.15, -0.1) is 0 Å². The summed E-state index contributed by atoms with van der Waals surface area (Å²) in [5.74, 6) is 0. The maximum Gasteiger partial charge on any atom is 0.0602 e. The number of hydrogen-bond donors (Lipinski definition) is 0. The van der Waals surface area contributed by atoms with Crippen LogP contribution in [0.5, 0.6) is 0 Å².